The lowest BCUT2D eigenvalue weighted by Crippen LogP contribution is -2.43. The Balaban J connectivity index is 1.68. The molecule has 1 fully saturated rings. The van der Waals surface area contributed by atoms with Crippen LogP contribution in [0.1, 0.15) is 32.1 Å². The van der Waals surface area contributed by atoms with Gasteiger partial charge in [-0.3, -0.25) is 0 Å². The third-order valence-electron chi connectivity index (χ3n) is 4.48. The third-order valence-corrected chi connectivity index (χ3v) is 4.48. The fourth-order valence-corrected chi connectivity index (χ4v) is 3.24. The summed E-state index contributed by atoms with van der Waals surface area (Å²) in [5.74, 6) is 1.14. The molecule has 1 saturated carbocycles. The van der Waals surface area contributed by atoms with Crippen LogP contribution in [0.15, 0.2) is 24.3 Å². The van der Waals surface area contributed by atoms with E-state index in [0.717, 1.165) is 25.3 Å². The zero-order valence-electron chi connectivity index (χ0n) is 12.9. The molecule has 3 nitrogen and oxygen atoms in total. The first kappa shape index (κ1) is 16.2. The van der Waals surface area contributed by atoms with Gasteiger partial charge in [-0.05, 0) is 63.0 Å². The van der Waals surface area contributed by atoms with Gasteiger partial charge in [-0.15, -0.1) is 0 Å². The molecule has 0 saturated heterocycles. The summed E-state index contributed by atoms with van der Waals surface area (Å²) < 4.78 is 18.4. The quantitative estimate of drug-likeness (QED) is 0.786. The zero-order valence-corrected chi connectivity index (χ0v) is 12.9. The maximum atomic E-state index is 12.8. The molecule has 118 valence electrons. The number of rotatable bonds is 7. The molecule has 1 aliphatic rings. The standard InChI is InChI=1S/C17H27FN2O/c1-20(17-6-3-2-5-14(17)13-19)11-4-12-21-16-9-7-15(18)8-10-16/h7-10,14,17H,2-6,11-13,19H2,1H3. The third kappa shape index (κ3) is 4.97. The monoisotopic (exact) mass is 294 g/mol. The highest BCUT2D eigenvalue weighted by molar-refractivity contribution is 5.21. The van der Waals surface area contributed by atoms with E-state index >= 15 is 0 Å². The van der Waals surface area contributed by atoms with Crippen LogP contribution in [0.2, 0.25) is 0 Å². The van der Waals surface area contributed by atoms with Crippen molar-refractivity contribution in [3.63, 3.8) is 0 Å². The van der Waals surface area contributed by atoms with Crippen LogP contribution < -0.4 is 10.5 Å². The molecular weight excluding hydrogens is 267 g/mol. The van der Waals surface area contributed by atoms with E-state index in [-0.39, 0.29) is 5.82 Å². The van der Waals surface area contributed by atoms with E-state index in [1.54, 1.807) is 12.1 Å². The van der Waals surface area contributed by atoms with Crippen molar-refractivity contribution in [2.75, 3.05) is 26.7 Å². The number of hydrogen-bond donors (Lipinski definition) is 1. The van der Waals surface area contributed by atoms with Gasteiger partial charge in [0.25, 0.3) is 0 Å². The zero-order chi connectivity index (χ0) is 15.1. The van der Waals surface area contributed by atoms with Gasteiger partial charge >= 0.3 is 0 Å². The first-order valence-corrected chi connectivity index (χ1v) is 7.99. The summed E-state index contributed by atoms with van der Waals surface area (Å²) in [6.07, 6.45) is 6.13. The van der Waals surface area contributed by atoms with Crippen molar-refractivity contribution >= 4 is 0 Å². The van der Waals surface area contributed by atoms with E-state index < -0.39 is 0 Å². The van der Waals surface area contributed by atoms with Crippen molar-refractivity contribution < 1.29 is 9.13 Å². The molecule has 0 heterocycles. The van der Waals surface area contributed by atoms with Crippen LogP contribution in [-0.2, 0) is 0 Å². The minimum atomic E-state index is -0.229. The van der Waals surface area contributed by atoms with Gasteiger partial charge in [-0.25, -0.2) is 4.39 Å². The summed E-state index contributed by atoms with van der Waals surface area (Å²) in [6.45, 7) is 2.47. The summed E-state index contributed by atoms with van der Waals surface area (Å²) >= 11 is 0. The number of halogens is 1. The molecule has 2 unspecified atom stereocenters. The molecule has 21 heavy (non-hydrogen) atoms. The average molecular weight is 294 g/mol. The van der Waals surface area contributed by atoms with E-state index in [9.17, 15) is 4.39 Å². The van der Waals surface area contributed by atoms with Gasteiger partial charge < -0.3 is 15.4 Å². The second kappa shape index (κ2) is 8.35. The predicted molar refractivity (Wildman–Crippen MR) is 83.9 cm³/mol. The van der Waals surface area contributed by atoms with Gasteiger partial charge in [-0.1, -0.05) is 12.8 Å². The highest BCUT2D eigenvalue weighted by Gasteiger charge is 2.26. The molecule has 0 amide bonds. The maximum absolute atomic E-state index is 12.8. The van der Waals surface area contributed by atoms with Gasteiger partial charge in [0.1, 0.15) is 11.6 Å². The van der Waals surface area contributed by atoms with E-state index in [1.807, 2.05) is 0 Å². The van der Waals surface area contributed by atoms with Gasteiger partial charge in [0.15, 0.2) is 0 Å². The summed E-state index contributed by atoms with van der Waals surface area (Å²) in [5.41, 5.74) is 5.89. The lowest BCUT2D eigenvalue weighted by molar-refractivity contribution is 0.126. The molecule has 1 aromatic rings. The van der Waals surface area contributed by atoms with Crippen LogP contribution in [0.3, 0.4) is 0 Å². The summed E-state index contributed by atoms with van der Waals surface area (Å²) in [6, 6.07) is 6.81. The molecule has 1 aliphatic carbocycles. The number of ether oxygens (including phenoxy) is 1. The normalized spacial score (nSPS) is 22.5. The highest BCUT2D eigenvalue weighted by atomic mass is 19.1. The average Bonchev–Trinajstić information content (AvgIpc) is 2.53. The largest absolute Gasteiger partial charge is 0.494 e. The smallest absolute Gasteiger partial charge is 0.123 e. The van der Waals surface area contributed by atoms with Crippen molar-refractivity contribution in [1.82, 2.24) is 4.90 Å². The molecule has 1 aromatic carbocycles. The molecular formula is C17H27FN2O. The van der Waals surface area contributed by atoms with Gasteiger partial charge in [0, 0.05) is 12.6 Å². The van der Waals surface area contributed by atoms with Crippen LogP contribution in [0.5, 0.6) is 5.75 Å². The van der Waals surface area contributed by atoms with Crippen molar-refractivity contribution in [2.24, 2.45) is 11.7 Å². The Bertz CT molecular complexity index is 410. The Morgan fingerprint density at radius 1 is 1.24 bits per heavy atom. The molecule has 4 heteroatoms. The second-order valence-electron chi connectivity index (χ2n) is 5.98. The van der Waals surface area contributed by atoms with E-state index in [4.69, 9.17) is 10.5 Å². The highest BCUT2D eigenvalue weighted by Crippen LogP contribution is 2.27. The molecule has 0 spiro atoms. The Labute approximate surface area is 127 Å². The number of benzene rings is 1. The fraction of sp³-hybridized carbons (Fsp3) is 0.647. The molecule has 2 N–H and O–H groups in total. The lowest BCUT2D eigenvalue weighted by Gasteiger charge is -2.37. The summed E-state index contributed by atoms with van der Waals surface area (Å²) in [5, 5.41) is 0. The Morgan fingerprint density at radius 2 is 1.95 bits per heavy atom. The number of nitrogens with two attached hydrogens (primary N) is 1. The van der Waals surface area contributed by atoms with Crippen LogP contribution in [0.25, 0.3) is 0 Å². The molecule has 2 rings (SSSR count). The SMILES string of the molecule is CN(CCCOc1ccc(F)cc1)C1CCCCC1CN. The van der Waals surface area contributed by atoms with Gasteiger partial charge in [0.05, 0.1) is 6.61 Å². The van der Waals surface area contributed by atoms with Gasteiger partial charge in [-0.2, -0.15) is 0 Å². The van der Waals surface area contributed by atoms with Crippen LogP contribution in [-0.4, -0.2) is 37.7 Å². The number of nitrogens with zero attached hydrogens (tertiary/aromatic N) is 1. The van der Waals surface area contributed by atoms with Crippen molar-refractivity contribution in [3.8, 4) is 5.75 Å². The Hall–Kier alpha value is -1.13. The summed E-state index contributed by atoms with van der Waals surface area (Å²) in [7, 11) is 2.19. The van der Waals surface area contributed by atoms with E-state index in [0.29, 0.717) is 18.6 Å². The first-order valence-electron chi connectivity index (χ1n) is 7.99. The van der Waals surface area contributed by atoms with Crippen molar-refractivity contribution in [1.29, 1.82) is 0 Å². The number of hydrogen-bond acceptors (Lipinski definition) is 3. The Morgan fingerprint density at radius 3 is 2.67 bits per heavy atom. The maximum Gasteiger partial charge on any atom is 0.123 e. The minimum Gasteiger partial charge on any atom is -0.494 e. The molecule has 0 aromatic heterocycles. The van der Waals surface area contributed by atoms with Crippen LogP contribution in [0.4, 0.5) is 4.39 Å². The van der Waals surface area contributed by atoms with Crippen LogP contribution in [0, 0.1) is 11.7 Å². The lowest BCUT2D eigenvalue weighted by atomic mass is 9.83. The van der Waals surface area contributed by atoms with Crippen molar-refractivity contribution in [3.05, 3.63) is 30.1 Å². The topological polar surface area (TPSA) is 38.5 Å². The first-order chi connectivity index (χ1) is 10.2. The van der Waals surface area contributed by atoms with Crippen LogP contribution >= 0.6 is 0 Å². The fourth-order valence-electron chi connectivity index (χ4n) is 3.24. The summed E-state index contributed by atoms with van der Waals surface area (Å²) in [4.78, 5) is 2.44. The minimum absolute atomic E-state index is 0.229. The molecule has 0 radical (unpaired) electrons. The Kier molecular flexibility index (Phi) is 6.46. The molecule has 2 atom stereocenters. The van der Waals surface area contributed by atoms with Crippen molar-refractivity contribution in [2.45, 2.75) is 38.1 Å². The van der Waals surface area contributed by atoms with E-state index in [1.165, 1.54) is 37.8 Å². The molecule has 0 bridgehead atoms. The van der Waals surface area contributed by atoms with E-state index in [2.05, 4.69) is 11.9 Å². The van der Waals surface area contributed by atoms with Gasteiger partial charge in [0.2, 0.25) is 0 Å². The molecule has 0 aliphatic heterocycles. The second-order valence-corrected chi connectivity index (χ2v) is 5.98. The predicted octanol–water partition coefficient (Wildman–Crippen LogP) is 3.04.